The summed E-state index contributed by atoms with van der Waals surface area (Å²) in [4.78, 5) is 11.3. The van der Waals surface area contributed by atoms with E-state index in [1.807, 2.05) is 6.07 Å². The maximum atomic E-state index is 11.3. The standard InChI is InChI=1S/C11H14O4/c1-2-14-11(13)10(8-12)15-9-6-4-3-5-7-9/h3-7,10,12H,2,8H2,1H3. The first-order valence-electron chi connectivity index (χ1n) is 4.77. The predicted molar refractivity (Wildman–Crippen MR) is 54.6 cm³/mol. The second kappa shape index (κ2) is 6.03. The number of benzene rings is 1. The number of carbonyl (C=O) groups excluding carboxylic acids is 1. The van der Waals surface area contributed by atoms with E-state index >= 15 is 0 Å². The zero-order valence-corrected chi connectivity index (χ0v) is 8.55. The van der Waals surface area contributed by atoms with Crippen LogP contribution in [0.4, 0.5) is 0 Å². The molecule has 1 rings (SSSR count). The molecule has 0 saturated carbocycles. The Morgan fingerprint density at radius 3 is 2.60 bits per heavy atom. The molecular weight excluding hydrogens is 196 g/mol. The van der Waals surface area contributed by atoms with Gasteiger partial charge in [0.15, 0.2) is 0 Å². The van der Waals surface area contributed by atoms with Gasteiger partial charge in [-0.05, 0) is 19.1 Å². The minimum atomic E-state index is -0.952. The third-order valence-electron chi connectivity index (χ3n) is 1.74. The number of rotatable bonds is 5. The summed E-state index contributed by atoms with van der Waals surface area (Å²) in [5.41, 5.74) is 0. The molecule has 82 valence electrons. The monoisotopic (exact) mass is 210 g/mol. The molecule has 0 bridgehead atoms. The molecule has 0 radical (unpaired) electrons. The highest BCUT2D eigenvalue weighted by Gasteiger charge is 2.20. The lowest BCUT2D eigenvalue weighted by atomic mass is 10.3. The summed E-state index contributed by atoms with van der Waals surface area (Å²) in [6.07, 6.45) is -0.952. The normalized spacial score (nSPS) is 11.9. The first kappa shape index (κ1) is 11.5. The molecule has 1 N–H and O–H groups in total. The highest BCUT2D eigenvalue weighted by Crippen LogP contribution is 2.11. The van der Waals surface area contributed by atoms with E-state index in [9.17, 15) is 4.79 Å². The number of esters is 1. The van der Waals surface area contributed by atoms with Crippen molar-refractivity contribution < 1.29 is 19.4 Å². The molecule has 1 aromatic carbocycles. The van der Waals surface area contributed by atoms with Crippen LogP contribution in [0.2, 0.25) is 0 Å². The van der Waals surface area contributed by atoms with Crippen LogP contribution >= 0.6 is 0 Å². The third kappa shape index (κ3) is 3.59. The SMILES string of the molecule is CCOC(=O)C(CO)Oc1ccccc1. The van der Waals surface area contributed by atoms with Crippen LogP contribution < -0.4 is 4.74 Å². The summed E-state index contributed by atoms with van der Waals surface area (Å²) in [6.45, 7) is 1.58. The zero-order chi connectivity index (χ0) is 11.1. The first-order valence-corrected chi connectivity index (χ1v) is 4.77. The van der Waals surface area contributed by atoms with Crippen molar-refractivity contribution in [3.8, 4) is 5.75 Å². The Hall–Kier alpha value is -1.55. The van der Waals surface area contributed by atoms with Crippen LogP contribution in [0.15, 0.2) is 30.3 Å². The van der Waals surface area contributed by atoms with Gasteiger partial charge in [0, 0.05) is 0 Å². The minimum absolute atomic E-state index is 0.271. The highest BCUT2D eigenvalue weighted by molar-refractivity contribution is 5.75. The molecule has 0 aliphatic carbocycles. The average molecular weight is 210 g/mol. The molecule has 4 heteroatoms. The fourth-order valence-corrected chi connectivity index (χ4v) is 1.06. The summed E-state index contributed by atoms with van der Waals surface area (Å²) in [7, 11) is 0. The van der Waals surface area contributed by atoms with Crippen LogP contribution in [-0.2, 0) is 9.53 Å². The number of carbonyl (C=O) groups is 1. The lowest BCUT2D eigenvalue weighted by molar-refractivity contribution is -0.153. The zero-order valence-electron chi connectivity index (χ0n) is 8.55. The quantitative estimate of drug-likeness (QED) is 0.736. The Labute approximate surface area is 88.4 Å². The molecule has 1 unspecified atom stereocenters. The Morgan fingerprint density at radius 2 is 2.07 bits per heavy atom. The van der Waals surface area contributed by atoms with E-state index in [1.165, 1.54) is 0 Å². The fraction of sp³-hybridized carbons (Fsp3) is 0.364. The van der Waals surface area contributed by atoms with Gasteiger partial charge < -0.3 is 14.6 Å². The van der Waals surface area contributed by atoms with Crippen LogP contribution in [0.3, 0.4) is 0 Å². The number of ether oxygens (including phenoxy) is 2. The van der Waals surface area contributed by atoms with Crippen molar-refractivity contribution in [1.29, 1.82) is 0 Å². The van der Waals surface area contributed by atoms with Gasteiger partial charge in [0.05, 0.1) is 13.2 Å². The lowest BCUT2D eigenvalue weighted by Gasteiger charge is -2.14. The van der Waals surface area contributed by atoms with E-state index in [1.54, 1.807) is 31.2 Å². The summed E-state index contributed by atoms with van der Waals surface area (Å²) >= 11 is 0. The van der Waals surface area contributed by atoms with Gasteiger partial charge in [0.1, 0.15) is 5.75 Å². The van der Waals surface area contributed by atoms with Gasteiger partial charge in [-0.1, -0.05) is 18.2 Å². The Bertz CT molecular complexity index is 297. The summed E-state index contributed by atoms with van der Waals surface area (Å²) in [5.74, 6) is -0.0199. The number of hydrogen-bond donors (Lipinski definition) is 1. The number of aliphatic hydroxyl groups excluding tert-OH is 1. The van der Waals surface area contributed by atoms with Crippen molar-refractivity contribution in [2.45, 2.75) is 13.0 Å². The highest BCUT2D eigenvalue weighted by atomic mass is 16.6. The van der Waals surface area contributed by atoms with Gasteiger partial charge in [-0.25, -0.2) is 4.79 Å². The average Bonchev–Trinajstić information content (AvgIpc) is 2.27. The topological polar surface area (TPSA) is 55.8 Å². The van der Waals surface area contributed by atoms with E-state index in [-0.39, 0.29) is 6.61 Å². The predicted octanol–water partition coefficient (Wildman–Crippen LogP) is 0.989. The Morgan fingerprint density at radius 1 is 1.40 bits per heavy atom. The lowest BCUT2D eigenvalue weighted by Crippen LogP contribution is -2.32. The molecule has 0 amide bonds. The summed E-state index contributed by atoms with van der Waals surface area (Å²) in [6, 6.07) is 8.83. The molecule has 0 saturated heterocycles. The summed E-state index contributed by atoms with van der Waals surface area (Å²) < 4.78 is 10.00. The van der Waals surface area contributed by atoms with Crippen LogP contribution in [0.5, 0.6) is 5.75 Å². The van der Waals surface area contributed by atoms with Crippen molar-refractivity contribution in [1.82, 2.24) is 0 Å². The minimum Gasteiger partial charge on any atom is -0.476 e. The molecule has 4 nitrogen and oxygen atoms in total. The van der Waals surface area contributed by atoms with E-state index in [4.69, 9.17) is 14.6 Å². The maximum absolute atomic E-state index is 11.3. The molecule has 15 heavy (non-hydrogen) atoms. The fourth-order valence-electron chi connectivity index (χ4n) is 1.06. The number of aliphatic hydroxyl groups is 1. The second-order valence-corrected chi connectivity index (χ2v) is 2.85. The van der Waals surface area contributed by atoms with E-state index in [0.717, 1.165) is 0 Å². The molecule has 0 fully saturated rings. The molecule has 0 aliphatic rings. The van der Waals surface area contributed by atoms with Gasteiger partial charge in [0.25, 0.3) is 0 Å². The van der Waals surface area contributed by atoms with Crippen LogP contribution in [0.1, 0.15) is 6.92 Å². The van der Waals surface area contributed by atoms with Gasteiger partial charge in [-0.3, -0.25) is 0 Å². The largest absolute Gasteiger partial charge is 0.476 e. The maximum Gasteiger partial charge on any atom is 0.349 e. The molecule has 1 aromatic rings. The number of para-hydroxylation sites is 1. The molecular formula is C11H14O4. The molecule has 0 spiro atoms. The summed E-state index contributed by atoms with van der Waals surface area (Å²) in [5, 5.41) is 8.96. The Balaban J connectivity index is 2.58. The van der Waals surface area contributed by atoms with Gasteiger partial charge >= 0.3 is 5.97 Å². The molecule has 0 heterocycles. The van der Waals surface area contributed by atoms with Gasteiger partial charge in [0.2, 0.25) is 6.10 Å². The molecule has 1 atom stereocenters. The van der Waals surface area contributed by atoms with Crippen LogP contribution in [0, 0.1) is 0 Å². The number of hydrogen-bond acceptors (Lipinski definition) is 4. The van der Waals surface area contributed by atoms with Crippen molar-refractivity contribution in [3.05, 3.63) is 30.3 Å². The van der Waals surface area contributed by atoms with E-state index in [2.05, 4.69) is 0 Å². The van der Waals surface area contributed by atoms with Crippen molar-refractivity contribution >= 4 is 5.97 Å². The van der Waals surface area contributed by atoms with Crippen molar-refractivity contribution in [2.24, 2.45) is 0 Å². The van der Waals surface area contributed by atoms with Crippen molar-refractivity contribution in [3.63, 3.8) is 0 Å². The van der Waals surface area contributed by atoms with E-state index in [0.29, 0.717) is 5.75 Å². The van der Waals surface area contributed by atoms with E-state index < -0.39 is 18.7 Å². The first-order chi connectivity index (χ1) is 7.27. The second-order valence-electron chi connectivity index (χ2n) is 2.85. The van der Waals surface area contributed by atoms with Crippen LogP contribution in [0.25, 0.3) is 0 Å². The van der Waals surface area contributed by atoms with Crippen molar-refractivity contribution in [2.75, 3.05) is 13.2 Å². The van der Waals surface area contributed by atoms with Crippen LogP contribution in [-0.4, -0.2) is 30.4 Å². The Kier molecular flexibility index (Phi) is 4.63. The van der Waals surface area contributed by atoms with Gasteiger partial charge in [-0.15, -0.1) is 0 Å². The third-order valence-corrected chi connectivity index (χ3v) is 1.74. The molecule has 0 aromatic heterocycles. The van der Waals surface area contributed by atoms with Gasteiger partial charge in [-0.2, -0.15) is 0 Å². The molecule has 0 aliphatic heterocycles. The smallest absolute Gasteiger partial charge is 0.349 e.